The zero-order valence-electron chi connectivity index (χ0n) is 17.1. The summed E-state index contributed by atoms with van der Waals surface area (Å²) in [6, 6.07) is 8.08. The third kappa shape index (κ3) is 5.51. The van der Waals surface area contributed by atoms with Gasteiger partial charge in [-0.25, -0.2) is 9.97 Å². The van der Waals surface area contributed by atoms with Gasteiger partial charge < -0.3 is 15.4 Å². The Morgan fingerprint density at radius 3 is 2.72 bits per heavy atom. The van der Waals surface area contributed by atoms with Gasteiger partial charge in [0.05, 0.1) is 24.7 Å². The summed E-state index contributed by atoms with van der Waals surface area (Å²) in [6.07, 6.45) is 2.15. The zero-order chi connectivity index (χ0) is 22.8. The van der Waals surface area contributed by atoms with Crippen molar-refractivity contribution >= 4 is 23.2 Å². The van der Waals surface area contributed by atoms with Crippen molar-refractivity contribution in [3.05, 3.63) is 66.2 Å². The Morgan fingerprint density at radius 2 is 1.97 bits per heavy atom. The number of hydrogen-bond acceptors (Lipinski definition) is 6. The summed E-state index contributed by atoms with van der Waals surface area (Å²) in [5.41, 5.74) is -0.0963. The van der Waals surface area contributed by atoms with Gasteiger partial charge in [0.2, 0.25) is 0 Å². The Bertz CT molecular complexity index is 1130. The second kappa shape index (κ2) is 8.45. The van der Waals surface area contributed by atoms with Crippen LogP contribution in [-0.2, 0) is 6.18 Å². The number of nitrogens with one attached hydrogen (secondary N) is 2. The Kier molecular flexibility index (Phi) is 5.68. The molecule has 3 aromatic rings. The van der Waals surface area contributed by atoms with E-state index in [1.54, 1.807) is 12.3 Å². The first-order chi connectivity index (χ1) is 15.2. The van der Waals surface area contributed by atoms with Crippen molar-refractivity contribution in [3.8, 4) is 5.75 Å². The normalized spacial score (nSPS) is 14.5. The maximum Gasteiger partial charge on any atom is 0.433 e. The zero-order valence-corrected chi connectivity index (χ0v) is 17.1. The van der Waals surface area contributed by atoms with Crippen molar-refractivity contribution in [3.63, 3.8) is 0 Å². The number of alkyl halides is 3. The summed E-state index contributed by atoms with van der Waals surface area (Å²) in [5.74, 6) is 0.268. The molecule has 0 atom stereocenters. The minimum Gasteiger partial charge on any atom is -0.491 e. The maximum atomic E-state index is 12.8. The number of hydrogen-bond donors (Lipinski definition) is 2. The van der Waals surface area contributed by atoms with Crippen LogP contribution in [-0.4, -0.2) is 27.5 Å². The van der Waals surface area contributed by atoms with Gasteiger partial charge >= 0.3 is 6.18 Å². The first kappa shape index (κ1) is 21.5. The molecule has 10 heteroatoms. The van der Waals surface area contributed by atoms with Crippen LogP contribution >= 0.6 is 0 Å². The fourth-order valence-corrected chi connectivity index (χ4v) is 2.82. The molecule has 4 rings (SSSR count). The highest BCUT2D eigenvalue weighted by molar-refractivity contribution is 6.04. The number of anilines is 3. The number of pyridine rings is 3. The monoisotopic (exact) mass is 443 g/mol. The van der Waals surface area contributed by atoms with Crippen LogP contribution in [0.1, 0.15) is 35.8 Å². The fourth-order valence-electron chi connectivity index (χ4n) is 2.82. The highest BCUT2D eigenvalue weighted by Gasteiger charge is 2.38. The summed E-state index contributed by atoms with van der Waals surface area (Å²) in [7, 11) is 0. The molecule has 1 fully saturated rings. The summed E-state index contributed by atoms with van der Waals surface area (Å²) in [4.78, 5) is 24.3. The summed E-state index contributed by atoms with van der Waals surface area (Å²) in [6.45, 7) is 2.74. The molecule has 2 N–H and O–H groups in total. The van der Waals surface area contributed by atoms with Crippen molar-refractivity contribution in [2.75, 3.05) is 17.2 Å². The molecule has 0 saturated heterocycles. The van der Waals surface area contributed by atoms with Crippen LogP contribution in [0.25, 0.3) is 0 Å². The molecule has 0 radical (unpaired) electrons. The molecule has 1 amide bonds. The van der Waals surface area contributed by atoms with Gasteiger partial charge in [0.25, 0.3) is 5.91 Å². The topological polar surface area (TPSA) is 89.0 Å². The Balaban J connectivity index is 1.42. The number of rotatable bonds is 7. The molecule has 1 saturated carbocycles. The molecule has 32 heavy (non-hydrogen) atoms. The van der Waals surface area contributed by atoms with E-state index >= 15 is 0 Å². The van der Waals surface area contributed by atoms with Crippen LogP contribution in [0.4, 0.5) is 30.5 Å². The highest BCUT2D eigenvalue weighted by Crippen LogP contribution is 2.45. The summed E-state index contributed by atoms with van der Waals surface area (Å²) in [5, 5.41) is 5.42. The van der Waals surface area contributed by atoms with E-state index in [1.165, 1.54) is 36.7 Å². The standard InChI is InChI=1S/C22H20F3N5O2/c1-21(6-7-21)13-32-16-10-15(11-26-12-16)28-20(31)14-5-8-27-19(9-14)30-18-4-2-3-17(29-18)22(23,24)25/h2-5,8-12H,6-7,13H2,1H3,(H,28,31)(H,27,29,30). The van der Waals surface area contributed by atoms with Crippen LogP contribution in [0.2, 0.25) is 0 Å². The number of ether oxygens (including phenoxy) is 1. The average Bonchev–Trinajstić information content (AvgIpc) is 3.50. The molecule has 1 aliphatic rings. The maximum absolute atomic E-state index is 12.8. The van der Waals surface area contributed by atoms with Crippen molar-refractivity contribution in [2.24, 2.45) is 5.41 Å². The van der Waals surface area contributed by atoms with Crippen molar-refractivity contribution in [1.29, 1.82) is 0 Å². The molecule has 7 nitrogen and oxygen atoms in total. The predicted octanol–water partition coefficient (Wildman–Crippen LogP) is 5.07. The second-order valence-electron chi connectivity index (χ2n) is 7.92. The van der Waals surface area contributed by atoms with Crippen LogP contribution in [0.3, 0.4) is 0 Å². The first-order valence-electron chi connectivity index (χ1n) is 9.87. The third-order valence-corrected chi connectivity index (χ3v) is 4.98. The van der Waals surface area contributed by atoms with Gasteiger partial charge in [-0.3, -0.25) is 9.78 Å². The lowest BCUT2D eigenvalue weighted by atomic mass is 10.2. The Morgan fingerprint density at radius 1 is 1.16 bits per heavy atom. The number of nitrogens with zero attached hydrogens (tertiary/aromatic N) is 3. The molecule has 0 aromatic carbocycles. The van der Waals surface area contributed by atoms with E-state index in [4.69, 9.17) is 4.74 Å². The number of amides is 1. The van der Waals surface area contributed by atoms with Crippen molar-refractivity contribution in [2.45, 2.75) is 25.9 Å². The van der Waals surface area contributed by atoms with Crippen LogP contribution < -0.4 is 15.4 Å². The van der Waals surface area contributed by atoms with Crippen LogP contribution in [0.15, 0.2) is 55.0 Å². The van der Waals surface area contributed by atoms with Crippen molar-refractivity contribution < 1.29 is 22.7 Å². The predicted molar refractivity (Wildman–Crippen MR) is 112 cm³/mol. The molecular weight excluding hydrogens is 423 g/mol. The molecule has 0 aliphatic heterocycles. The minimum absolute atomic E-state index is 0.0386. The van der Waals surface area contributed by atoms with E-state index in [-0.39, 0.29) is 22.6 Å². The van der Waals surface area contributed by atoms with E-state index in [0.29, 0.717) is 18.0 Å². The minimum atomic E-state index is -4.56. The number of carbonyl (C=O) groups excluding carboxylic acids is 1. The van der Waals surface area contributed by atoms with E-state index in [9.17, 15) is 18.0 Å². The third-order valence-electron chi connectivity index (χ3n) is 4.98. The highest BCUT2D eigenvalue weighted by atomic mass is 19.4. The summed E-state index contributed by atoms with van der Waals surface area (Å²) < 4.78 is 44.3. The van der Waals surface area contributed by atoms with Crippen molar-refractivity contribution in [1.82, 2.24) is 15.0 Å². The fraction of sp³-hybridized carbons (Fsp3) is 0.273. The van der Waals surface area contributed by atoms with Gasteiger partial charge in [-0.15, -0.1) is 0 Å². The number of carbonyl (C=O) groups is 1. The Hall–Kier alpha value is -3.69. The van der Waals surface area contributed by atoms with Gasteiger partial charge in [0.15, 0.2) is 0 Å². The van der Waals surface area contributed by atoms with E-state index < -0.39 is 17.8 Å². The lowest BCUT2D eigenvalue weighted by Crippen LogP contribution is -2.13. The van der Waals surface area contributed by atoms with E-state index in [1.807, 2.05) is 0 Å². The quantitative estimate of drug-likeness (QED) is 0.530. The smallest absolute Gasteiger partial charge is 0.433 e. The summed E-state index contributed by atoms with van der Waals surface area (Å²) >= 11 is 0. The lowest BCUT2D eigenvalue weighted by Gasteiger charge is -2.12. The number of aromatic nitrogens is 3. The first-order valence-corrected chi connectivity index (χ1v) is 9.87. The van der Waals surface area contributed by atoms with E-state index in [2.05, 4.69) is 32.5 Å². The van der Waals surface area contributed by atoms with Gasteiger partial charge in [0.1, 0.15) is 23.1 Å². The van der Waals surface area contributed by atoms with Crippen LogP contribution in [0.5, 0.6) is 5.75 Å². The van der Waals surface area contributed by atoms with Gasteiger partial charge in [0, 0.05) is 23.2 Å². The molecule has 0 unspecified atom stereocenters. The molecule has 1 aliphatic carbocycles. The lowest BCUT2D eigenvalue weighted by molar-refractivity contribution is -0.141. The van der Waals surface area contributed by atoms with Gasteiger partial charge in [-0.05, 0) is 37.1 Å². The Labute approximate surface area is 182 Å². The molecule has 3 heterocycles. The molecule has 166 valence electrons. The second-order valence-corrected chi connectivity index (χ2v) is 7.92. The number of halogens is 3. The average molecular weight is 443 g/mol. The molecule has 0 bridgehead atoms. The molecule has 3 aromatic heterocycles. The largest absolute Gasteiger partial charge is 0.491 e. The van der Waals surface area contributed by atoms with E-state index in [0.717, 1.165) is 18.9 Å². The van der Waals surface area contributed by atoms with Gasteiger partial charge in [-0.1, -0.05) is 13.0 Å². The molecule has 0 spiro atoms. The van der Waals surface area contributed by atoms with Gasteiger partial charge in [-0.2, -0.15) is 13.2 Å². The SMILES string of the molecule is CC1(COc2cncc(NC(=O)c3ccnc(Nc4cccc(C(F)(F)F)n4)c3)c2)CC1. The molecular formula is C22H20F3N5O2. The van der Waals surface area contributed by atoms with Crippen LogP contribution in [0, 0.1) is 5.41 Å².